The van der Waals surface area contributed by atoms with Gasteiger partial charge in [0.1, 0.15) is 0 Å². The molecule has 0 aliphatic rings. The lowest BCUT2D eigenvalue weighted by atomic mass is 10.2. The normalized spacial score (nSPS) is 10.0. The van der Waals surface area contributed by atoms with E-state index in [0.29, 0.717) is 21.8 Å². The third-order valence-corrected chi connectivity index (χ3v) is 3.01. The van der Waals surface area contributed by atoms with Crippen LogP contribution in [0.5, 0.6) is 0 Å². The Morgan fingerprint density at radius 3 is 2.42 bits per heavy atom. The molecule has 2 rings (SSSR count). The van der Waals surface area contributed by atoms with Gasteiger partial charge in [0.2, 0.25) is 0 Å². The lowest BCUT2D eigenvalue weighted by Gasteiger charge is -2.07. The molecule has 1 amide bonds. The van der Waals surface area contributed by atoms with E-state index in [1.165, 1.54) is 6.07 Å². The van der Waals surface area contributed by atoms with Crippen molar-refractivity contribution in [1.29, 1.82) is 0 Å². The number of anilines is 1. The van der Waals surface area contributed by atoms with Crippen LogP contribution in [0.4, 0.5) is 5.69 Å². The quantitative estimate of drug-likeness (QED) is 0.871. The highest BCUT2D eigenvalue weighted by Gasteiger charge is 2.10. The number of halogens is 2. The molecule has 0 aliphatic carbocycles. The van der Waals surface area contributed by atoms with E-state index in [0.717, 1.165) is 0 Å². The third-order valence-electron chi connectivity index (χ3n) is 2.47. The first-order valence-electron chi connectivity index (χ1n) is 5.43. The molecule has 0 atom stereocenters. The van der Waals surface area contributed by atoms with Crippen LogP contribution in [0, 0.1) is 0 Å². The van der Waals surface area contributed by atoms with Gasteiger partial charge in [-0.25, -0.2) is 0 Å². The molecule has 2 aromatic rings. The molecule has 0 aromatic heterocycles. The van der Waals surface area contributed by atoms with Crippen LogP contribution in [0.2, 0.25) is 5.02 Å². The largest absolute Gasteiger partial charge is 0.322 e. The standard InChI is InChI=1S/C14H9Cl2NO2/c15-12-7-2-1-6-11(12)14(19)17-10-5-3-4-9(8-10)13(16)18/h1-8H,(H,17,19). The van der Waals surface area contributed by atoms with Crippen molar-refractivity contribution < 1.29 is 9.59 Å². The van der Waals surface area contributed by atoms with Crippen molar-refractivity contribution in [2.24, 2.45) is 0 Å². The Balaban J connectivity index is 2.22. The fourth-order valence-electron chi connectivity index (χ4n) is 1.56. The van der Waals surface area contributed by atoms with Crippen LogP contribution in [0.15, 0.2) is 48.5 Å². The van der Waals surface area contributed by atoms with E-state index in [-0.39, 0.29) is 5.91 Å². The maximum Gasteiger partial charge on any atom is 0.257 e. The number of amides is 1. The highest BCUT2D eigenvalue weighted by Crippen LogP contribution is 2.18. The number of hydrogen-bond donors (Lipinski definition) is 1. The van der Waals surface area contributed by atoms with Crippen LogP contribution in [-0.4, -0.2) is 11.1 Å². The van der Waals surface area contributed by atoms with Gasteiger partial charge < -0.3 is 5.32 Å². The topological polar surface area (TPSA) is 46.2 Å². The van der Waals surface area contributed by atoms with E-state index in [1.54, 1.807) is 42.5 Å². The Bertz CT molecular complexity index is 641. The van der Waals surface area contributed by atoms with E-state index in [9.17, 15) is 9.59 Å². The maximum absolute atomic E-state index is 12.0. The van der Waals surface area contributed by atoms with Crippen molar-refractivity contribution in [3.63, 3.8) is 0 Å². The Hall–Kier alpha value is -1.84. The number of carbonyl (C=O) groups is 2. The molecule has 1 N–H and O–H groups in total. The van der Waals surface area contributed by atoms with Crippen molar-refractivity contribution in [2.45, 2.75) is 0 Å². The summed E-state index contributed by atoms with van der Waals surface area (Å²) in [5.41, 5.74) is 1.17. The third kappa shape index (κ3) is 3.34. The molecule has 0 radical (unpaired) electrons. The molecule has 19 heavy (non-hydrogen) atoms. The smallest absolute Gasteiger partial charge is 0.257 e. The Morgan fingerprint density at radius 2 is 1.74 bits per heavy atom. The second kappa shape index (κ2) is 5.87. The lowest BCUT2D eigenvalue weighted by molar-refractivity contribution is 0.102. The van der Waals surface area contributed by atoms with E-state index in [1.807, 2.05) is 0 Å². The van der Waals surface area contributed by atoms with Gasteiger partial charge in [0, 0.05) is 11.3 Å². The molecule has 0 unspecified atom stereocenters. The summed E-state index contributed by atoms with van der Waals surface area (Å²) < 4.78 is 0. The average molecular weight is 294 g/mol. The second-order valence-corrected chi connectivity index (χ2v) is 4.54. The first-order valence-corrected chi connectivity index (χ1v) is 6.19. The molecular weight excluding hydrogens is 285 g/mol. The highest BCUT2D eigenvalue weighted by atomic mass is 35.5. The van der Waals surface area contributed by atoms with Gasteiger partial charge in [0.05, 0.1) is 10.6 Å². The zero-order valence-corrected chi connectivity index (χ0v) is 11.2. The number of benzene rings is 2. The summed E-state index contributed by atoms with van der Waals surface area (Å²) in [5.74, 6) is -0.343. The van der Waals surface area contributed by atoms with E-state index in [2.05, 4.69) is 5.32 Å². The molecule has 0 heterocycles. The fourth-order valence-corrected chi connectivity index (χ4v) is 1.90. The number of carbonyl (C=O) groups excluding carboxylic acids is 2. The predicted octanol–water partition coefficient (Wildman–Crippen LogP) is 3.97. The summed E-state index contributed by atoms with van der Waals surface area (Å²) in [7, 11) is 0. The van der Waals surface area contributed by atoms with Gasteiger partial charge in [0.15, 0.2) is 0 Å². The SMILES string of the molecule is O=C(Cl)c1cccc(NC(=O)c2ccccc2Cl)c1. The van der Waals surface area contributed by atoms with Crippen LogP contribution in [-0.2, 0) is 0 Å². The molecule has 0 bridgehead atoms. The average Bonchev–Trinajstić information content (AvgIpc) is 2.39. The molecule has 5 heteroatoms. The lowest BCUT2D eigenvalue weighted by Crippen LogP contribution is -2.12. The molecular formula is C14H9Cl2NO2. The Labute approximate surface area is 120 Å². The van der Waals surface area contributed by atoms with Crippen LogP contribution in [0.25, 0.3) is 0 Å². The van der Waals surface area contributed by atoms with Gasteiger partial charge in [-0.05, 0) is 41.9 Å². The molecule has 0 aliphatic heterocycles. The van der Waals surface area contributed by atoms with Crippen molar-refractivity contribution in [1.82, 2.24) is 0 Å². The van der Waals surface area contributed by atoms with Gasteiger partial charge in [0.25, 0.3) is 11.1 Å². The van der Waals surface area contributed by atoms with Crippen molar-refractivity contribution in [3.8, 4) is 0 Å². The van der Waals surface area contributed by atoms with Gasteiger partial charge in [-0.15, -0.1) is 0 Å². The second-order valence-electron chi connectivity index (χ2n) is 3.79. The monoisotopic (exact) mass is 293 g/mol. The molecule has 0 spiro atoms. The molecule has 0 saturated carbocycles. The van der Waals surface area contributed by atoms with Crippen molar-refractivity contribution in [3.05, 3.63) is 64.7 Å². The molecule has 3 nitrogen and oxygen atoms in total. The molecule has 0 fully saturated rings. The first-order chi connectivity index (χ1) is 9.08. The minimum atomic E-state index is -0.575. The van der Waals surface area contributed by atoms with Crippen LogP contribution in [0.3, 0.4) is 0 Å². The van der Waals surface area contributed by atoms with E-state index in [4.69, 9.17) is 23.2 Å². The molecule has 2 aromatic carbocycles. The minimum Gasteiger partial charge on any atom is -0.322 e. The Morgan fingerprint density at radius 1 is 1.00 bits per heavy atom. The van der Waals surface area contributed by atoms with Gasteiger partial charge in [-0.1, -0.05) is 29.8 Å². The van der Waals surface area contributed by atoms with Crippen molar-refractivity contribution in [2.75, 3.05) is 5.32 Å². The van der Waals surface area contributed by atoms with E-state index < -0.39 is 5.24 Å². The van der Waals surface area contributed by atoms with Gasteiger partial charge in [-0.3, -0.25) is 9.59 Å². The Kier molecular flexibility index (Phi) is 4.20. The summed E-state index contributed by atoms with van der Waals surface area (Å²) in [6.45, 7) is 0. The van der Waals surface area contributed by atoms with Crippen molar-refractivity contribution >= 4 is 40.0 Å². The summed E-state index contributed by atoms with van der Waals surface area (Å²) >= 11 is 11.3. The first kappa shape index (κ1) is 13.6. The highest BCUT2D eigenvalue weighted by molar-refractivity contribution is 6.67. The fraction of sp³-hybridized carbons (Fsp3) is 0. The molecule has 96 valence electrons. The summed E-state index contributed by atoms with van der Waals surface area (Å²) in [5, 5.41) is 2.45. The summed E-state index contributed by atoms with van der Waals surface area (Å²) in [6.07, 6.45) is 0. The number of nitrogens with one attached hydrogen (secondary N) is 1. The van der Waals surface area contributed by atoms with Crippen LogP contribution in [0.1, 0.15) is 20.7 Å². The molecule has 0 saturated heterocycles. The summed E-state index contributed by atoms with van der Waals surface area (Å²) in [6, 6.07) is 13.1. The predicted molar refractivity (Wildman–Crippen MR) is 76.0 cm³/mol. The zero-order valence-electron chi connectivity index (χ0n) is 9.69. The number of hydrogen-bond acceptors (Lipinski definition) is 2. The summed E-state index contributed by atoms with van der Waals surface area (Å²) in [4.78, 5) is 23.0. The van der Waals surface area contributed by atoms with Crippen LogP contribution < -0.4 is 5.32 Å². The maximum atomic E-state index is 12.0. The van der Waals surface area contributed by atoms with Gasteiger partial charge >= 0.3 is 0 Å². The number of rotatable bonds is 3. The van der Waals surface area contributed by atoms with Gasteiger partial charge in [-0.2, -0.15) is 0 Å². The van der Waals surface area contributed by atoms with E-state index >= 15 is 0 Å². The van der Waals surface area contributed by atoms with Crippen LogP contribution >= 0.6 is 23.2 Å². The zero-order chi connectivity index (χ0) is 13.8. The minimum absolute atomic E-state index is 0.318.